The van der Waals surface area contributed by atoms with Crippen LogP contribution < -0.4 is 5.32 Å². The molecule has 3 heterocycles. The van der Waals surface area contributed by atoms with Gasteiger partial charge in [-0.1, -0.05) is 0 Å². The zero-order valence-electron chi connectivity index (χ0n) is 11.9. The number of hydrogen-bond donors (Lipinski definition) is 2. The second-order valence-electron chi connectivity index (χ2n) is 5.51. The van der Waals surface area contributed by atoms with Crippen molar-refractivity contribution in [1.29, 1.82) is 5.26 Å². The third kappa shape index (κ3) is 2.84. The van der Waals surface area contributed by atoms with Gasteiger partial charge in [-0.05, 0) is 26.0 Å². The molecule has 0 saturated carbocycles. The van der Waals surface area contributed by atoms with E-state index in [2.05, 4.69) is 15.2 Å². The molecule has 6 heteroatoms. The van der Waals surface area contributed by atoms with Gasteiger partial charge in [0.05, 0.1) is 12.8 Å². The molecule has 21 heavy (non-hydrogen) atoms. The number of aromatic nitrogens is 1. The zero-order chi connectivity index (χ0) is 14.8. The number of piperidine rings is 1. The quantitative estimate of drug-likeness (QED) is 0.890. The van der Waals surface area contributed by atoms with Crippen LogP contribution in [0.25, 0.3) is 11.0 Å². The van der Waals surface area contributed by atoms with Crippen molar-refractivity contribution in [2.75, 3.05) is 25.5 Å². The van der Waals surface area contributed by atoms with Crippen LogP contribution in [0.1, 0.15) is 18.6 Å². The average molecular weight is 286 g/mol. The van der Waals surface area contributed by atoms with Crippen LogP contribution in [-0.2, 0) is 0 Å². The van der Waals surface area contributed by atoms with Crippen LogP contribution in [0.15, 0.2) is 22.7 Å². The van der Waals surface area contributed by atoms with E-state index >= 15 is 0 Å². The van der Waals surface area contributed by atoms with Gasteiger partial charge in [-0.2, -0.15) is 5.26 Å². The van der Waals surface area contributed by atoms with E-state index in [1.54, 1.807) is 12.3 Å². The first-order valence-corrected chi connectivity index (χ1v) is 7.07. The van der Waals surface area contributed by atoms with E-state index < -0.39 is 0 Å². The molecule has 1 unspecified atom stereocenters. The van der Waals surface area contributed by atoms with Crippen LogP contribution in [0.3, 0.4) is 0 Å². The van der Waals surface area contributed by atoms with Gasteiger partial charge >= 0.3 is 0 Å². The SMILES string of the molecule is CN1CCC(Nc2cc3cc(C#N)oc3cn2)C[C@H]1CO. The minimum Gasteiger partial charge on any atom is -0.444 e. The highest BCUT2D eigenvalue weighted by Gasteiger charge is 2.25. The summed E-state index contributed by atoms with van der Waals surface area (Å²) in [7, 11) is 2.04. The van der Waals surface area contributed by atoms with Crippen LogP contribution >= 0.6 is 0 Å². The van der Waals surface area contributed by atoms with Gasteiger partial charge in [-0.25, -0.2) is 4.98 Å². The Morgan fingerprint density at radius 1 is 1.57 bits per heavy atom. The van der Waals surface area contributed by atoms with Gasteiger partial charge in [-0.15, -0.1) is 0 Å². The number of hydrogen-bond acceptors (Lipinski definition) is 6. The van der Waals surface area contributed by atoms with Gasteiger partial charge in [0.25, 0.3) is 0 Å². The van der Waals surface area contributed by atoms with Crippen molar-refractivity contribution in [3.05, 3.63) is 24.1 Å². The van der Waals surface area contributed by atoms with E-state index in [9.17, 15) is 5.11 Å². The first-order valence-electron chi connectivity index (χ1n) is 7.07. The molecular weight excluding hydrogens is 268 g/mol. The summed E-state index contributed by atoms with van der Waals surface area (Å²) in [5, 5.41) is 22.5. The van der Waals surface area contributed by atoms with Gasteiger partial charge in [0, 0.05) is 30.1 Å². The minimum atomic E-state index is 0.175. The molecule has 1 fully saturated rings. The summed E-state index contributed by atoms with van der Waals surface area (Å²) in [6.45, 7) is 1.13. The maximum absolute atomic E-state index is 9.39. The molecule has 0 aromatic carbocycles. The van der Waals surface area contributed by atoms with Gasteiger partial charge in [0.2, 0.25) is 5.76 Å². The first kappa shape index (κ1) is 13.9. The molecule has 1 saturated heterocycles. The van der Waals surface area contributed by atoms with E-state index in [1.165, 1.54) is 0 Å². The number of aliphatic hydroxyl groups excluding tert-OH is 1. The molecule has 0 aliphatic carbocycles. The second kappa shape index (κ2) is 5.72. The molecule has 0 amide bonds. The number of nitrogens with zero attached hydrogens (tertiary/aromatic N) is 3. The maximum atomic E-state index is 9.39. The fourth-order valence-electron chi connectivity index (χ4n) is 2.80. The number of rotatable bonds is 3. The molecule has 2 atom stereocenters. The van der Waals surface area contributed by atoms with Gasteiger partial charge in [-0.3, -0.25) is 0 Å². The lowest BCUT2D eigenvalue weighted by molar-refractivity contribution is 0.108. The van der Waals surface area contributed by atoms with Crippen molar-refractivity contribution in [2.45, 2.75) is 24.9 Å². The fraction of sp³-hybridized carbons (Fsp3) is 0.467. The Morgan fingerprint density at radius 3 is 3.19 bits per heavy atom. The Kier molecular flexibility index (Phi) is 3.78. The van der Waals surface area contributed by atoms with Gasteiger partial charge in [0.15, 0.2) is 5.58 Å². The largest absolute Gasteiger partial charge is 0.444 e. The molecule has 6 nitrogen and oxygen atoms in total. The predicted molar refractivity (Wildman–Crippen MR) is 78.9 cm³/mol. The summed E-state index contributed by atoms with van der Waals surface area (Å²) in [5.74, 6) is 1.07. The Labute approximate surface area is 123 Å². The molecule has 1 aliphatic heterocycles. The first-order chi connectivity index (χ1) is 10.2. The lowest BCUT2D eigenvalue weighted by Gasteiger charge is -2.36. The number of pyridine rings is 1. The molecule has 2 N–H and O–H groups in total. The minimum absolute atomic E-state index is 0.175. The Morgan fingerprint density at radius 2 is 2.43 bits per heavy atom. The maximum Gasteiger partial charge on any atom is 0.204 e. The van der Waals surface area contributed by atoms with Crippen LogP contribution in [0.5, 0.6) is 0 Å². The monoisotopic (exact) mass is 286 g/mol. The van der Waals surface area contributed by atoms with Crippen molar-refractivity contribution in [2.24, 2.45) is 0 Å². The molecule has 2 aromatic heterocycles. The van der Waals surface area contributed by atoms with Gasteiger partial charge in [0.1, 0.15) is 11.9 Å². The van der Waals surface area contributed by atoms with E-state index in [1.807, 2.05) is 19.2 Å². The summed E-state index contributed by atoms with van der Waals surface area (Å²) in [6, 6.07) is 6.09. The molecule has 3 rings (SSSR count). The lowest BCUT2D eigenvalue weighted by Crippen LogP contribution is -2.46. The molecule has 1 aliphatic rings. The van der Waals surface area contributed by atoms with Crippen LogP contribution in [-0.4, -0.2) is 47.3 Å². The van der Waals surface area contributed by atoms with E-state index in [0.29, 0.717) is 17.4 Å². The van der Waals surface area contributed by atoms with Crippen LogP contribution in [0, 0.1) is 11.3 Å². The van der Waals surface area contributed by atoms with Gasteiger partial charge < -0.3 is 19.7 Å². The summed E-state index contributed by atoms with van der Waals surface area (Å²) < 4.78 is 5.32. The number of anilines is 1. The van der Waals surface area contributed by atoms with Crippen LogP contribution in [0.4, 0.5) is 5.82 Å². The summed E-state index contributed by atoms with van der Waals surface area (Å²) >= 11 is 0. The summed E-state index contributed by atoms with van der Waals surface area (Å²) in [4.78, 5) is 6.51. The molecule has 0 radical (unpaired) electrons. The fourth-order valence-corrected chi connectivity index (χ4v) is 2.80. The average Bonchev–Trinajstić information content (AvgIpc) is 2.91. The molecule has 110 valence electrons. The summed E-state index contributed by atoms with van der Waals surface area (Å²) in [5.41, 5.74) is 0.619. The zero-order valence-corrected chi connectivity index (χ0v) is 11.9. The highest BCUT2D eigenvalue weighted by molar-refractivity contribution is 5.80. The van der Waals surface area contributed by atoms with E-state index in [4.69, 9.17) is 9.68 Å². The highest BCUT2D eigenvalue weighted by Crippen LogP contribution is 2.23. The van der Waals surface area contributed by atoms with Crippen molar-refractivity contribution in [1.82, 2.24) is 9.88 Å². The second-order valence-corrected chi connectivity index (χ2v) is 5.51. The van der Waals surface area contributed by atoms with Crippen molar-refractivity contribution in [3.63, 3.8) is 0 Å². The number of nitrogens with one attached hydrogen (secondary N) is 1. The molecule has 2 aromatic rings. The van der Waals surface area contributed by atoms with Crippen molar-refractivity contribution < 1.29 is 9.52 Å². The normalized spacial score (nSPS) is 23.1. The Hall–Kier alpha value is -2.10. The molecular formula is C15H18N4O2. The summed E-state index contributed by atoms with van der Waals surface area (Å²) in [6.07, 6.45) is 3.54. The van der Waals surface area contributed by atoms with E-state index in [0.717, 1.165) is 30.6 Å². The molecule has 0 bridgehead atoms. The Bertz CT molecular complexity index is 676. The van der Waals surface area contributed by atoms with Crippen molar-refractivity contribution >= 4 is 16.8 Å². The number of fused-ring (bicyclic) bond motifs is 1. The van der Waals surface area contributed by atoms with E-state index in [-0.39, 0.29) is 12.6 Å². The standard InChI is InChI=1S/C15H18N4O2/c1-19-3-2-11(6-12(19)9-20)18-15-5-10-4-13(7-16)21-14(10)8-17-15/h4-5,8,11-12,20H,2-3,6,9H2,1H3,(H,17,18)/t11?,12-/m0/s1. The number of aliphatic hydroxyl groups is 1. The number of likely N-dealkylation sites (tertiary alicyclic amines) is 1. The number of furan rings is 1. The predicted octanol–water partition coefficient (Wildman–Crippen LogP) is 1.57. The Balaban J connectivity index is 1.74. The molecule has 0 spiro atoms. The topological polar surface area (TPSA) is 85.3 Å². The van der Waals surface area contributed by atoms with Crippen LogP contribution in [0.2, 0.25) is 0 Å². The number of likely N-dealkylation sites (N-methyl/N-ethyl adjacent to an activating group) is 1. The third-order valence-electron chi connectivity index (χ3n) is 4.09. The number of nitriles is 1. The highest BCUT2D eigenvalue weighted by atomic mass is 16.3. The smallest absolute Gasteiger partial charge is 0.204 e. The third-order valence-corrected chi connectivity index (χ3v) is 4.09. The van der Waals surface area contributed by atoms with Crippen molar-refractivity contribution in [3.8, 4) is 6.07 Å². The lowest BCUT2D eigenvalue weighted by atomic mass is 9.98.